The van der Waals surface area contributed by atoms with Gasteiger partial charge in [-0.1, -0.05) is 52.8 Å². The first-order chi connectivity index (χ1) is 8.62. The van der Waals surface area contributed by atoms with Crippen LogP contribution in [0.5, 0.6) is 0 Å². The second kappa shape index (κ2) is 5.60. The summed E-state index contributed by atoms with van der Waals surface area (Å²) in [6.07, 6.45) is 1.33. The largest absolute Gasteiger partial charge is 0.478 e. The minimum absolute atomic E-state index is 0.0633. The molecule has 0 aliphatic carbocycles. The zero-order valence-electron chi connectivity index (χ0n) is 12.7. The van der Waals surface area contributed by atoms with Crippen LogP contribution in [0.15, 0.2) is 24.3 Å². The molecular formula is C17H24O2. The van der Waals surface area contributed by atoms with Gasteiger partial charge in [-0.3, -0.25) is 0 Å². The Morgan fingerprint density at radius 3 is 2.26 bits per heavy atom. The van der Waals surface area contributed by atoms with Crippen molar-refractivity contribution in [2.24, 2.45) is 5.92 Å². The van der Waals surface area contributed by atoms with Crippen LogP contribution in [0.3, 0.4) is 0 Å². The zero-order chi connectivity index (χ0) is 14.8. The SMILES string of the molecule is Cc1ccc(C(C)(C)C)cc1/C(=C/C(=O)O)C(C)C. The van der Waals surface area contributed by atoms with E-state index in [1.54, 1.807) is 0 Å². The molecule has 0 radical (unpaired) electrons. The molecule has 0 saturated carbocycles. The van der Waals surface area contributed by atoms with Gasteiger partial charge in [0.25, 0.3) is 0 Å². The molecule has 0 aliphatic heterocycles. The summed E-state index contributed by atoms with van der Waals surface area (Å²) in [5.74, 6) is -0.700. The molecule has 1 N–H and O–H groups in total. The Hall–Kier alpha value is -1.57. The number of hydrogen-bond acceptors (Lipinski definition) is 1. The van der Waals surface area contributed by atoms with E-state index < -0.39 is 5.97 Å². The maximum atomic E-state index is 11.0. The van der Waals surface area contributed by atoms with Gasteiger partial charge in [-0.05, 0) is 40.5 Å². The lowest BCUT2D eigenvalue weighted by Gasteiger charge is -2.22. The molecule has 0 heterocycles. The van der Waals surface area contributed by atoms with Crippen molar-refractivity contribution >= 4 is 11.5 Å². The Morgan fingerprint density at radius 1 is 1.26 bits per heavy atom. The van der Waals surface area contributed by atoms with Crippen LogP contribution in [-0.4, -0.2) is 11.1 Å². The molecule has 0 atom stereocenters. The van der Waals surface area contributed by atoms with Gasteiger partial charge in [0.15, 0.2) is 0 Å². The number of carboxylic acid groups (broad SMARTS) is 1. The standard InChI is InChI=1S/C17H24O2/c1-11(2)14(10-16(18)19)15-9-13(17(4,5)6)8-7-12(15)3/h7-11H,1-6H3,(H,18,19)/b14-10+. The number of carbonyl (C=O) groups is 1. The van der Waals surface area contributed by atoms with E-state index in [1.807, 2.05) is 20.8 Å². The molecule has 0 bridgehead atoms. The normalized spacial score (nSPS) is 12.9. The number of benzene rings is 1. The van der Waals surface area contributed by atoms with Crippen molar-refractivity contribution in [3.8, 4) is 0 Å². The van der Waals surface area contributed by atoms with Crippen molar-refractivity contribution in [2.45, 2.75) is 47.0 Å². The summed E-state index contributed by atoms with van der Waals surface area (Å²) in [5, 5.41) is 9.04. The van der Waals surface area contributed by atoms with Crippen molar-refractivity contribution in [3.05, 3.63) is 41.0 Å². The van der Waals surface area contributed by atoms with Gasteiger partial charge in [0.2, 0.25) is 0 Å². The van der Waals surface area contributed by atoms with E-state index in [0.29, 0.717) is 0 Å². The molecule has 1 aromatic carbocycles. The molecule has 19 heavy (non-hydrogen) atoms. The lowest BCUT2D eigenvalue weighted by molar-refractivity contribution is -0.131. The third-order valence-corrected chi connectivity index (χ3v) is 3.32. The molecule has 0 aromatic heterocycles. The highest BCUT2D eigenvalue weighted by Crippen LogP contribution is 2.31. The topological polar surface area (TPSA) is 37.3 Å². The molecule has 0 aliphatic rings. The molecule has 1 aromatic rings. The third-order valence-electron chi connectivity index (χ3n) is 3.32. The third kappa shape index (κ3) is 3.95. The van der Waals surface area contributed by atoms with Crippen molar-refractivity contribution in [3.63, 3.8) is 0 Å². The van der Waals surface area contributed by atoms with Crippen LogP contribution in [0.25, 0.3) is 5.57 Å². The fourth-order valence-electron chi connectivity index (χ4n) is 2.09. The highest BCUT2D eigenvalue weighted by atomic mass is 16.4. The molecule has 104 valence electrons. The predicted molar refractivity (Wildman–Crippen MR) is 80.3 cm³/mol. The second-order valence-electron chi connectivity index (χ2n) is 6.37. The van der Waals surface area contributed by atoms with E-state index in [1.165, 1.54) is 11.6 Å². The smallest absolute Gasteiger partial charge is 0.328 e. The van der Waals surface area contributed by atoms with Crippen LogP contribution in [0.2, 0.25) is 0 Å². The molecule has 1 rings (SSSR count). The number of rotatable bonds is 3. The summed E-state index contributed by atoms with van der Waals surface area (Å²) >= 11 is 0. The molecule has 0 spiro atoms. The van der Waals surface area contributed by atoms with E-state index in [0.717, 1.165) is 16.7 Å². The summed E-state index contributed by atoms with van der Waals surface area (Å²) in [5.41, 5.74) is 4.34. The van der Waals surface area contributed by atoms with Crippen LogP contribution in [0, 0.1) is 12.8 Å². The monoisotopic (exact) mass is 260 g/mol. The summed E-state index contributed by atoms with van der Waals surface area (Å²) in [7, 11) is 0. The van der Waals surface area contributed by atoms with Crippen LogP contribution in [0.4, 0.5) is 0 Å². The average molecular weight is 260 g/mol. The Balaban J connectivity index is 3.43. The molecule has 2 nitrogen and oxygen atoms in total. The number of allylic oxidation sites excluding steroid dienone is 1. The quantitative estimate of drug-likeness (QED) is 0.817. The fraction of sp³-hybridized carbons (Fsp3) is 0.471. The van der Waals surface area contributed by atoms with Gasteiger partial charge in [0, 0.05) is 6.08 Å². The number of hydrogen-bond donors (Lipinski definition) is 1. The first-order valence-corrected chi connectivity index (χ1v) is 6.69. The summed E-state index contributed by atoms with van der Waals surface area (Å²) < 4.78 is 0. The fourth-order valence-corrected chi connectivity index (χ4v) is 2.09. The first kappa shape index (κ1) is 15.5. The van der Waals surface area contributed by atoms with Crippen molar-refractivity contribution in [1.29, 1.82) is 0 Å². The Morgan fingerprint density at radius 2 is 1.84 bits per heavy atom. The van der Waals surface area contributed by atoms with E-state index in [-0.39, 0.29) is 11.3 Å². The molecule has 0 fully saturated rings. The summed E-state index contributed by atoms with van der Waals surface area (Å²) in [6, 6.07) is 6.33. The molecular weight excluding hydrogens is 236 g/mol. The molecule has 0 unspecified atom stereocenters. The maximum Gasteiger partial charge on any atom is 0.328 e. The van der Waals surface area contributed by atoms with E-state index >= 15 is 0 Å². The van der Waals surface area contributed by atoms with E-state index in [9.17, 15) is 4.79 Å². The van der Waals surface area contributed by atoms with Gasteiger partial charge >= 0.3 is 5.97 Å². The number of carboxylic acids is 1. The Kier molecular flexibility index (Phi) is 4.56. The van der Waals surface area contributed by atoms with Crippen molar-refractivity contribution in [1.82, 2.24) is 0 Å². The van der Waals surface area contributed by atoms with Crippen molar-refractivity contribution < 1.29 is 9.90 Å². The molecule has 0 amide bonds. The lowest BCUT2D eigenvalue weighted by atomic mass is 9.82. The van der Waals surface area contributed by atoms with Gasteiger partial charge in [-0.2, -0.15) is 0 Å². The van der Waals surface area contributed by atoms with Gasteiger partial charge in [-0.15, -0.1) is 0 Å². The molecule has 2 heteroatoms. The Bertz CT molecular complexity index is 502. The van der Waals surface area contributed by atoms with Crippen molar-refractivity contribution in [2.75, 3.05) is 0 Å². The minimum Gasteiger partial charge on any atom is -0.478 e. The highest BCUT2D eigenvalue weighted by Gasteiger charge is 2.17. The highest BCUT2D eigenvalue weighted by molar-refractivity contribution is 5.91. The van der Waals surface area contributed by atoms with Gasteiger partial charge < -0.3 is 5.11 Å². The predicted octanol–water partition coefficient (Wildman–Crippen LogP) is 4.42. The number of aliphatic carboxylic acids is 1. The average Bonchev–Trinajstić information content (AvgIpc) is 2.24. The summed E-state index contributed by atoms with van der Waals surface area (Å²) in [6.45, 7) is 12.6. The minimum atomic E-state index is -0.885. The van der Waals surface area contributed by atoms with Crippen LogP contribution in [-0.2, 0) is 10.2 Å². The number of aryl methyl sites for hydroxylation is 1. The van der Waals surface area contributed by atoms with Crippen LogP contribution in [0.1, 0.15) is 51.3 Å². The lowest BCUT2D eigenvalue weighted by Crippen LogP contribution is -2.12. The van der Waals surface area contributed by atoms with Gasteiger partial charge in [0.05, 0.1) is 0 Å². The van der Waals surface area contributed by atoms with Gasteiger partial charge in [0.1, 0.15) is 0 Å². The van der Waals surface area contributed by atoms with E-state index in [4.69, 9.17) is 5.11 Å². The zero-order valence-corrected chi connectivity index (χ0v) is 12.7. The first-order valence-electron chi connectivity index (χ1n) is 6.69. The van der Waals surface area contributed by atoms with Gasteiger partial charge in [-0.25, -0.2) is 4.79 Å². The summed E-state index contributed by atoms with van der Waals surface area (Å²) in [4.78, 5) is 11.0. The van der Waals surface area contributed by atoms with Crippen LogP contribution >= 0.6 is 0 Å². The maximum absolute atomic E-state index is 11.0. The van der Waals surface area contributed by atoms with E-state index in [2.05, 4.69) is 39.0 Å². The Labute approximate surface area is 116 Å². The van der Waals surface area contributed by atoms with Crippen LogP contribution < -0.4 is 0 Å². The molecule has 0 saturated heterocycles. The second-order valence-corrected chi connectivity index (χ2v) is 6.37.